The Kier molecular flexibility index (Phi) is 8.75. The maximum Gasteiger partial charge on any atom is 0.408 e. The molecular formula is C12H22BrNO5. The molecule has 0 fully saturated rings. The predicted octanol–water partition coefficient (Wildman–Crippen LogP) is 1.85. The smallest absolute Gasteiger partial charge is 0.408 e. The Morgan fingerprint density at radius 2 is 1.95 bits per heavy atom. The quantitative estimate of drug-likeness (QED) is 0.435. The second kappa shape index (κ2) is 9.14. The molecule has 6 nitrogen and oxygen atoms in total. The number of nitrogens with one attached hydrogen (secondary N) is 1. The van der Waals surface area contributed by atoms with Crippen LogP contribution in [0.1, 0.15) is 27.2 Å². The summed E-state index contributed by atoms with van der Waals surface area (Å²) in [6, 6.07) is -0.866. The molecule has 0 aromatic carbocycles. The van der Waals surface area contributed by atoms with Gasteiger partial charge in [0.05, 0.1) is 13.7 Å². The molecule has 0 heterocycles. The highest BCUT2D eigenvalue weighted by molar-refractivity contribution is 9.09. The van der Waals surface area contributed by atoms with Gasteiger partial charge in [0.25, 0.3) is 0 Å². The molecule has 7 heteroatoms. The summed E-state index contributed by atoms with van der Waals surface area (Å²) in [5.41, 5.74) is -0.623. The molecule has 1 N–H and O–H groups in total. The fraction of sp³-hybridized carbons (Fsp3) is 0.833. The van der Waals surface area contributed by atoms with Gasteiger partial charge in [-0.1, -0.05) is 15.9 Å². The van der Waals surface area contributed by atoms with E-state index >= 15 is 0 Å². The third kappa shape index (κ3) is 9.72. The minimum absolute atomic E-state index is 0.0545. The van der Waals surface area contributed by atoms with Crippen LogP contribution in [0.5, 0.6) is 0 Å². The zero-order valence-electron chi connectivity index (χ0n) is 11.8. The van der Waals surface area contributed by atoms with Crippen molar-refractivity contribution in [2.75, 3.05) is 25.7 Å². The summed E-state index contributed by atoms with van der Waals surface area (Å²) in [6.45, 7) is 5.78. The van der Waals surface area contributed by atoms with Crippen molar-refractivity contribution in [3.05, 3.63) is 0 Å². The van der Waals surface area contributed by atoms with Crippen LogP contribution in [0.4, 0.5) is 4.79 Å². The lowest BCUT2D eigenvalue weighted by Crippen LogP contribution is -2.46. The van der Waals surface area contributed by atoms with Crippen LogP contribution in [0.15, 0.2) is 0 Å². The number of esters is 1. The van der Waals surface area contributed by atoms with Gasteiger partial charge in [-0.05, 0) is 27.2 Å². The van der Waals surface area contributed by atoms with Crippen molar-refractivity contribution in [2.45, 2.75) is 38.8 Å². The average molecular weight is 340 g/mol. The van der Waals surface area contributed by atoms with E-state index in [1.54, 1.807) is 20.8 Å². The molecule has 0 aromatic heterocycles. The van der Waals surface area contributed by atoms with Gasteiger partial charge in [0.2, 0.25) is 0 Å². The van der Waals surface area contributed by atoms with Gasteiger partial charge < -0.3 is 19.5 Å². The van der Waals surface area contributed by atoms with Crippen molar-refractivity contribution in [3.8, 4) is 0 Å². The minimum atomic E-state index is -0.866. The van der Waals surface area contributed by atoms with E-state index in [2.05, 4.69) is 26.0 Å². The molecule has 19 heavy (non-hydrogen) atoms. The van der Waals surface area contributed by atoms with Crippen LogP contribution in [-0.4, -0.2) is 49.4 Å². The summed E-state index contributed by atoms with van der Waals surface area (Å²) in [4.78, 5) is 23.1. The second-order valence-electron chi connectivity index (χ2n) is 4.84. The van der Waals surface area contributed by atoms with Crippen LogP contribution >= 0.6 is 15.9 Å². The first-order valence-corrected chi connectivity index (χ1v) is 7.13. The number of halogens is 1. The van der Waals surface area contributed by atoms with E-state index < -0.39 is 23.7 Å². The summed E-state index contributed by atoms with van der Waals surface area (Å²) in [7, 11) is 1.25. The molecule has 0 bridgehead atoms. The first kappa shape index (κ1) is 18.2. The summed E-state index contributed by atoms with van der Waals surface area (Å²) < 4.78 is 15.0. The number of rotatable bonds is 7. The van der Waals surface area contributed by atoms with Crippen molar-refractivity contribution in [3.63, 3.8) is 0 Å². The molecule has 0 aliphatic heterocycles. The van der Waals surface area contributed by atoms with Gasteiger partial charge in [-0.3, -0.25) is 0 Å². The maximum atomic E-state index is 11.6. The molecule has 0 aliphatic rings. The fourth-order valence-electron chi connectivity index (χ4n) is 1.12. The van der Waals surface area contributed by atoms with E-state index in [1.807, 2.05) is 0 Å². The Morgan fingerprint density at radius 3 is 2.42 bits per heavy atom. The van der Waals surface area contributed by atoms with E-state index in [0.29, 0.717) is 6.61 Å². The van der Waals surface area contributed by atoms with Crippen LogP contribution in [0.25, 0.3) is 0 Å². The van der Waals surface area contributed by atoms with Crippen molar-refractivity contribution in [2.24, 2.45) is 0 Å². The number of ether oxygens (including phenoxy) is 3. The van der Waals surface area contributed by atoms with Crippen LogP contribution in [0.3, 0.4) is 0 Å². The molecule has 112 valence electrons. The zero-order chi connectivity index (χ0) is 14.9. The topological polar surface area (TPSA) is 73.9 Å². The summed E-state index contributed by atoms with van der Waals surface area (Å²) in [6.07, 6.45) is 0.146. The van der Waals surface area contributed by atoms with Crippen LogP contribution in [0, 0.1) is 0 Å². The van der Waals surface area contributed by atoms with Crippen LogP contribution < -0.4 is 5.32 Å². The number of alkyl halides is 1. The molecular weight excluding hydrogens is 318 g/mol. The first-order valence-electron chi connectivity index (χ1n) is 6.01. The number of carbonyl (C=O) groups is 2. The van der Waals surface area contributed by atoms with Crippen LogP contribution in [-0.2, 0) is 19.0 Å². The Bertz CT molecular complexity index is 290. The van der Waals surface area contributed by atoms with Crippen LogP contribution in [0.2, 0.25) is 0 Å². The highest BCUT2D eigenvalue weighted by Crippen LogP contribution is 2.07. The van der Waals surface area contributed by atoms with E-state index in [-0.39, 0.29) is 6.61 Å². The SMILES string of the molecule is COC(=O)[C@H](COCCCBr)NC(=O)OC(C)(C)C. The number of carbonyl (C=O) groups excluding carboxylic acids is 2. The molecule has 0 rings (SSSR count). The molecule has 0 radical (unpaired) electrons. The highest BCUT2D eigenvalue weighted by Gasteiger charge is 2.25. The van der Waals surface area contributed by atoms with E-state index in [4.69, 9.17) is 9.47 Å². The monoisotopic (exact) mass is 339 g/mol. The number of hydrogen-bond acceptors (Lipinski definition) is 5. The molecule has 0 aliphatic carbocycles. The summed E-state index contributed by atoms with van der Waals surface area (Å²) >= 11 is 3.27. The number of methoxy groups -OCH3 is 1. The van der Waals surface area contributed by atoms with E-state index in [1.165, 1.54) is 7.11 Å². The first-order chi connectivity index (χ1) is 8.80. The molecule has 0 aromatic rings. The van der Waals surface area contributed by atoms with Crippen molar-refractivity contribution >= 4 is 28.0 Å². The fourth-order valence-corrected chi connectivity index (χ4v) is 1.35. The predicted molar refractivity (Wildman–Crippen MR) is 74.4 cm³/mol. The average Bonchev–Trinajstić information content (AvgIpc) is 2.29. The third-order valence-corrected chi connectivity index (χ3v) is 2.44. The summed E-state index contributed by atoms with van der Waals surface area (Å²) in [5.74, 6) is -0.565. The van der Waals surface area contributed by atoms with Gasteiger partial charge in [-0.15, -0.1) is 0 Å². The van der Waals surface area contributed by atoms with Crippen molar-refractivity contribution in [1.82, 2.24) is 5.32 Å². The van der Waals surface area contributed by atoms with E-state index in [9.17, 15) is 9.59 Å². The Hall–Kier alpha value is -0.820. The van der Waals surface area contributed by atoms with Crippen molar-refractivity contribution in [1.29, 1.82) is 0 Å². The Balaban J connectivity index is 4.27. The van der Waals surface area contributed by atoms with Gasteiger partial charge in [-0.2, -0.15) is 0 Å². The molecule has 0 spiro atoms. The van der Waals surface area contributed by atoms with Gasteiger partial charge in [0, 0.05) is 11.9 Å². The molecule has 1 atom stereocenters. The Labute approximate surface area is 122 Å². The minimum Gasteiger partial charge on any atom is -0.467 e. The molecule has 1 amide bonds. The zero-order valence-corrected chi connectivity index (χ0v) is 13.4. The maximum absolute atomic E-state index is 11.6. The van der Waals surface area contributed by atoms with Gasteiger partial charge in [0.1, 0.15) is 5.60 Å². The normalized spacial score (nSPS) is 12.7. The largest absolute Gasteiger partial charge is 0.467 e. The van der Waals surface area contributed by atoms with Gasteiger partial charge in [-0.25, -0.2) is 9.59 Å². The summed E-state index contributed by atoms with van der Waals surface area (Å²) in [5, 5.41) is 3.24. The lowest BCUT2D eigenvalue weighted by Gasteiger charge is -2.22. The number of amides is 1. The second-order valence-corrected chi connectivity index (χ2v) is 5.63. The lowest BCUT2D eigenvalue weighted by molar-refractivity contribution is -0.144. The van der Waals surface area contributed by atoms with Gasteiger partial charge in [0.15, 0.2) is 6.04 Å². The lowest BCUT2D eigenvalue weighted by atomic mass is 10.2. The number of hydrogen-bond donors (Lipinski definition) is 1. The molecule has 0 saturated heterocycles. The van der Waals surface area contributed by atoms with E-state index in [0.717, 1.165) is 11.8 Å². The highest BCUT2D eigenvalue weighted by atomic mass is 79.9. The standard InChI is InChI=1S/C12H22BrNO5/c1-12(2,3)19-11(16)14-9(10(15)17-4)8-18-7-5-6-13/h9H,5-8H2,1-4H3,(H,14,16)/t9-/m0/s1. The van der Waals surface area contributed by atoms with Gasteiger partial charge >= 0.3 is 12.1 Å². The third-order valence-electron chi connectivity index (χ3n) is 1.88. The van der Waals surface area contributed by atoms with Crippen molar-refractivity contribution < 1.29 is 23.8 Å². The molecule has 0 saturated carbocycles. The number of alkyl carbamates (subject to hydrolysis) is 1. The molecule has 0 unspecified atom stereocenters. The Morgan fingerprint density at radius 1 is 1.32 bits per heavy atom.